The predicted octanol–water partition coefficient (Wildman–Crippen LogP) is 5.14. The molecule has 0 heterocycles. The SMILES string of the molecule is O=C(O)c1ccc(C(F)(F)F)cc1OCc1cccc2ccccc12. The highest BCUT2D eigenvalue weighted by molar-refractivity contribution is 5.91. The number of hydrogen-bond donors (Lipinski definition) is 1. The summed E-state index contributed by atoms with van der Waals surface area (Å²) in [6.45, 7) is -0.0387. The van der Waals surface area contributed by atoms with E-state index >= 15 is 0 Å². The molecule has 0 saturated carbocycles. The van der Waals surface area contributed by atoms with E-state index in [-0.39, 0.29) is 17.9 Å². The summed E-state index contributed by atoms with van der Waals surface area (Å²) in [4.78, 5) is 11.2. The Morgan fingerprint density at radius 2 is 1.72 bits per heavy atom. The molecule has 0 aliphatic rings. The lowest BCUT2D eigenvalue weighted by atomic mass is 10.1. The van der Waals surface area contributed by atoms with Crippen molar-refractivity contribution >= 4 is 16.7 Å². The van der Waals surface area contributed by atoms with Crippen molar-refractivity contribution in [3.05, 3.63) is 77.4 Å². The summed E-state index contributed by atoms with van der Waals surface area (Å²) in [7, 11) is 0. The maximum atomic E-state index is 12.9. The van der Waals surface area contributed by atoms with Gasteiger partial charge in [-0.15, -0.1) is 0 Å². The third-order valence-corrected chi connectivity index (χ3v) is 3.80. The van der Waals surface area contributed by atoms with Gasteiger partial charge in [0, 0.05) is 0 Å². The number of carboxylic acid groups (broad SMARTS) is 1. The lowest BCUT2D eigenvalue weighted by molar-refractivity contribution is -0.137. The fourth-order valence-electron chi connectivity index (χ4n) is 2.57. The van der Waals surface area contributed by atoms with Crippen LogP contribution in [0.15, 0.2) is 60.7 Å². The predicted molar refractivity (Wildman–Crippen MR) is 86.7 cm³/mol. The van der Waals surface area contributed by atoms with Crippen LogP contribution in [0.5, 0.6) is 5.75 Å². The first kappa shape index (κ1) is 16.8. The van der Waals surface area contributed by atoms with Crippen molar-refractivity contribution in [1.82, 2.24) is 0 Å². The van der Waals surface area contributed by atoms with Crippen LogP contribution in [0.1, 0.15) is 21.5 Å². The van der Waals surface area contributed by atoms with Gasteiger partial charge in [-0.1, -0.05) is 42.5 Å². The van der Waals surface area contributed by atoms with Gasteiger partial charge in [-0.2, -0.15) is 13.2 Å². The number of fused-ring (bicyclic) bond motifs is 1. The summed E-state index contributed by atoms with van der Waals surface area (Å²) in [6.07, 6.45) is -4.57. The molecule has 25 heavy (non-hydrogen) atoms. The fraction of sp³-hybridized carbons (Fsp3) is 0.105. The van der Waals surface area contributed by atoms with E-state index in [0.29, 0.717) is 6.07 Å². The van der Waals surface area contributed by atoms with Crippen LogP contribution in [-0.4, -0.2) is 11.1 Å². The van der Waals surface area contributed by atoms with Gasteiger partial charge in [0.25, 0.3) is 0 Å². The monoisotopic (exact) mass is 346 g/mol. The summed E-state index contributed by atoms with van der Waals surface area (Å²) >= 11 is 0. The molecule has 3 aromatic rings. The van der Waals surface area contributed by atoms with Gasteiger partial charge < -0.3 is 9.84 Å². The van der Waals surface area contributed by atoms with E-state index in [1.807, 2.05) is 36.4 Å². The van der Waals surface area contributed by atoms with Gasteiger partial charge in [0.1, 0.15) is 17.9 Å². The molecule has 0 unspecified atom stereocenters. The molecular formula is C19H13F3O3. The first-order valence-electron chi connectivity index (χ1n) is 7.40. The largest absolute Gasteiger partial charge is 0.488 e. The molecule has 0 fully saturated rings. The first-order chi connectivity index (χ1) is 11.9. The van der Waals surface area contributed by atoms with Crippen LogP contribution in [0.25, 0.3) is 10.8 Å². The molecule has 3 aromatic carbocycles. The van der Waals surface area contributed by atoms with Crippen molar-refractivity contribution in [3.8, 4) is 5.75 Å². The molecule has 0 saturated heterocycles. The van der Waals surface area contributed by atoms with Gasteiger partial charge >= 0.3 is 12.1 Å². The van der Waals surface area contributed by atoms with Crippen LogP contribution >= 0.6 is 0 Å². The molecule has 0 spiro atoms. The highest BCUT2D eigenvalue weighted by Gasteiger charge is 2.32. The minimum atomic E-state index is -4.57. The summed E-state index contributed by atoms with van der Waals surface area (Å²) in [5.74, 6) is -1.66. The highest BCUT2D eigenvalue weighted by atomic mass is 19.4. The Hall–Kier alpha value is -3.02. The molecule has 0 amide bonds. The van der Waals surface area contributed by atoms with Gasteiger partial charge in [-0.3, -0.25) is 0 Å². The van der Waals surface area contributed by atoms with E-state index in [2.05, 4.69) is 0 Å². The van der Waals surface area contributed by atoms with E-state index in [1.165, 1.54) is 0 Å². The number of carboxylic acids is 1. The maximum absolute atomic E-state index is 12.9. The topological polar surface area (TPSA) is 46.5 Å². The molecule has 0 aliphatic carbocycles. The Morgan fingerprint density at radius 3 is 2.44 bits per heavy atom. The van der Waals surface area contributed by atoms with Crippen LogP contribution in [0, 0.1) is 0 Å². The number of halogens is 3. The van der Waals surface area contributed by atoms with E-state index in [9.17, 15) is 18.0 Å². The molecule has 6 heteroatoms. The number of aromatic carboxylic acids is 1. The van der Waals surface area contributed by atoms with E-state index in [4.69, 9.17) is 9.84 Å². The van der Waals surface area contributed by atoms with Crippen molar-refractivity contribution in [2.75, 3.05) is 0 Å². The van der Waals surface area contributed by atoms with Crippen LogP contribution in [0.3, 0.4) is 0 Å². The van der Waals surface area contributed by atoms with Crippen molar-refractivity contribution in [1.29, 1.82) is 0 Å². The molecule has 0 aromatic heterocycles. The smallest absolute Gasteiger partial charge is 0.416 e. The molecular weight excluding hydrogens is 333 g/mol. The van der Waals surface area contributed by atoms with Crippen LogP contribution in [-0.2, 0) is 12.8 Å². The second-order valence-electron chi connectivity index (χ2n) is 5.44. The normalized spacial score (nSPS) is 11.5. The van der Waals surface area contributed by atoms with Crippen molar-refractivity contribution < 1.29 is 27.8 Å². The number of rotatable bonds is 4. The molecule has 0 aliphatic heterocycles. The van der Waals surface area contributed by atoms with E-state index in [0.717, 1.165) is 28.5 Å². The summed E-state index contributed by atoms with van der Waals surface area (Å²) < 4.78 is 44.1. The van der Waals surface area contributed by atoms with Gasteiger partial charge in [0.05, 0.1) is 5.56 Å². The minimum Gasteiger partial charge on any atom is -0.488 e. The number of benzene rings is 3. The number of carbonyl (C=O) groups is 1. The summed E-state index contributed by atoms with van der Waals surface area (Å²) in [5, 5.41) is 11.0. The Labute approximate surface area is 141 Å². The number of hydrogen-bond acceptors (Lipinski definition) is 2. The average Bonchev–Trinajstić information content (AvgIpc) is 2.58. The summed E-state index contributed by atoms with van der Waals surface area (Å²) in [6, 6.07) is 15.4. The zero-order valence-corrected chi connectivity index (χ0v) is 12.9. The van der Waals surface area contributed by atoms with Crippen LogP contribution in [0.4, 0.5) is 13.2 Å². The quantitative estimate of drug-likeness (QED) is 0.712. The Balaban J connectivity index is 1.95. The second-order valence-corrected chi connectivity index (χ2v) is 5.44. The molecule has 3 rings (SSSR count). The zero-order chi connectivity index (χ0) is 18.0. The Morgan fingerprint density at radius 1 is 1.00 bits per heavy atom. The van der Waals surface area contributed by atoms with Crippen molar-refractivity contribution in [3.63, 3.8) is 0 Å². The molecule has 0 bridgehead atoms. The summed E-state index contributed by atoms with van der Waals surface area (Å²) in [5.41, 5.74) is -0.509. The van der Waals surface area contributed by atoms with Gasteiger partial charge in [-0.05, 0) is 34.5 Å². The Kier molecular flexibility index (Phi) is 4.35. The first-order valence-corrected chi connectivity index (χ1v) is 7.40. The standard InChI is InChI=1S/C19H13F3O3/c20-19(21,22)14-8-9-16(18(23)24)17(10-14)25-11-13-6-3-5-12-4-1-2-7-15(12)13/h1-10H,11H2,(H,23,24). The highest BCUT2D eigenvalue weighted by Crippen LogP contribution is 2.33. The number of alkyl halides is 3. The molecule has 0 atom stereocenters. The van der Waals surface area contributed by atoms with E-state index in [1.54, 1.807) is 6.07 Å². The number of ether oxygens (including phenoxy) is 1. The second kappa shape index (κ2) is 6.47. The lowest BCUT2D eigenvalue weighted by Crippen LogP contribution is -2.09. The van der Waals surface area contributed by atoms with Gasteiger partial charge in [-0.25, -0.2) is 4.79 Å². The van der Waals surface area contributed by atoms with Gasteiger partial charge in [0.15, 0.2) is 0 Å². The average molecular weight is 346 g/mol. The molecule has 1 N–H and O–H groups in total. The molecule has 128 valence electrons. The van der Waals surface area contributed by atoms with Crippen molar-refractivity contribution in [2.45, 2.75) is 12.8 Å². The Bertz CT molecular complexity index is 927. The minimum absolute atomic E-state index is 0.0387. The van der Waals surface area contributed by atoms with Crippen LogP contribution in [0.2, 0.25) is 0 Å². The third kappa shape index (κ3) is 3.57. The van der Waals surface area contributed by atoms with Crippen molar-refractivity contribution in [2.24, 2.45) is 0 Å². The third-order valence-electron chi connectivity index (χ3n) is 3.80. The maximum Gasteiger partial charge on any atom is 0.416 e. The fourth-order valence-corrected chi connectivity index (χ4v) is 2.57. The lowest BCUT2D eigenvalue weighted by Gasteiger charge is -2.14. The van der Waals surface area contributed by atoms with Gasteiger partial charge in [0.2, 0.25) is 0 Å². The zero-order valence-electron chi connectivity index (χ0n) is 12.9. The molecule has 0 radical (unpaired) electrons. The van der Waals surface area contributed by atoms with E-state index < -0.39 is 17.7 Å². The van der Waals surface area contributed by atoms with Crippen LogP contribution < -0.4 is 4.74 Å². The molecule has 3 nitrogen and oxygen atoms in total.